The molecule has 0 fully saturated rings. The zero-order valence-electron chi connectivity index (χ0n) is 18.0. The van der Waals surface area contributed by atoms with Crippen LogP contribution in [0.5, 0.6) is 17.6 Å². The molecule has 32 heavy (non-hydrogen) atoms. The van der Waals surface area contributed by atoms with Crippen LogP contribution in [0.15, 0.2) is 17.4 Å². The summed E-state index contributed by atoms with van der Waals surface area (Å²) in [5.41, 5.74) is 2.74. The third kappa shape index (κ3) is 6.46. The number of thioether (sulfide) groups is 1. The van der Waals surface area contributed by atoms with Gasteiger partial charge in [-0.3, -0.25) is 9.59 Å². The molecular weight excluding hydrogens is 438 g/mol. The van der Waals surface area contributed by atoms with Crippen molar-refractivity contribution in [1.29, 1.82) is 0 Å². The smallest absolute Gasteiger partial charge is 0.308 e. The molecule has 2 aromatic heterocycles. The van der Waals surface area contributed by atoms with E-state index in [1.165, 1.54) is 11.8 Å². The number of carbonyl (C=O) groups excluding carboxylic acids is 1. The minimum Gasteiger partial charge on any atom is -0.481 e. The number of hydrogen-bond donors (Lipinski definition) is 1. The van der Waals surface area contributed by atoms with E-state index in [1.54, 1.807) is 13.3 Å². The first-order valence-electron chi connectivity index (χ1n) is 10.1. The van der Waals surface area contributed by atoms with Crippen molar-refractivity contribution >= 4 is 23.7 Å². The van der Waals surface area contributed by atoms with Crippen LogP contribution in [-0.2, 0) is 26.5 Å². The van der Waals surface area contributed by atoms with Crippen molar-refractivity contribution in [2.45, 2.75) is 49.9 Å². The number of unbranched alkanes of at least 4 members (excludes halogenated alkanes) is 1. The van der Waals surface area contributed by atoms with Crippen LogP contribution in [0.25, 0.3) is 0 Å². The Morgan fingerprint density at radius 1 is 1.22 bits per heavy atom. The molecule has 0 amide bonds. The molecule has 0 aliphatic carbocycles. The summed E-state index contributed by atoms with van der Waals surface area (Å²) in [6.45, 7) is 2.17. The van der Waals surface area contributed by atoms with Crippen LogP contribution in [-0.4, -0.2) is 52.5 Å². The van der Waals surface area contributed by atoms with Gasteiger partial charge in [-0.1, -0.05) is 11.8 Å². The second kappa shape index (κ2) is 11.5. The number of carbonyl (C=O) groups is 2. The first-order chi connectivity index (χ1) is 15.5. The summed E-state index contributed by atoms with van der Waals surface area (Å²) >= 11 is 1.40. The maximum Gasteiger partial charge on any atom is 0.308 e. The number of rotatable bonds is 12. The van der Waals surface area contributed by atoms with Crippen molar-refractivity contribution in [3.63, 3.8) is 0 Å². The van der Waals surface area contributed by atoms with E-state index in [0.29, 0.717) is 54.4 Å². The molecule has 0 bridgehead atoms. The topological polar surface area (TPSA) is 130 Å². The van der Waals surface area contributed by atoms with Crippen LogP contribution < -0.4 is 14.2 Å². The van der Waals surface area contributed by atoms with E-state index in [-0.39, 0.29) is 19.6 Å². The first-order valence-corrected chi connectivity index (χ1v) is 11.1. The summed E-state index contributed by atoms with van der Waals surface area (Å²) in [7, 11) is 1.58. The van der Waals surface area contributed by atoms with Crippen LogP contribution in [0, 0.1) is 6.92 Å². The Labute approximate surface area is 189 Å². The fraction of sp³-hybridized carbons (Fsp3) is 0.476. The van der Waals surface area contributed by atoms with Crippen LogP contribution in [0.4, 0.5) is 0 Å². The zero-order chi connectivity index (χ0) is 22.9. The molecule has 10 nitrogen and oxygen atoms in total. The predicted molar refractivity (Wildman–Crippen MR) is 114 cm³/mol. The number of aromatic nitrogens is 3. The average molecular weight is 464 g/mol. The second-order valence-corrected chi connectivity index (χ2v) is 7.92. The van der Waals surface area contributed by atoms with Gasteiger partial charge < -0.3 is 24.1 Å². The van der Waals surface area contributed by atoms with E-state index in [2.05, 4.69) is 15.0 Å². The van der Waals surface area contributed by atoms with Gasteiger partial charge in [-0.05, 0) is 31.4 Å². The van der Waals surface area contributed by atoms with Gasteiger partial charge in [0.25, 0.3) is 0 Å². The Bertz CT molecular complexity index is 971. The van der Waals surface area contributed by atoms with Crippen molar-refractivity contribution in [2.24, 2.45) is 0 Å². The number of hydrogen-bond acceptors (Lipinski definition) is 10. The minimum atomic E-state index is -0.882. The number of fused-ring (bicyclic) bond motifs is 1. The molecule has 3 heterocycles. The van der Waals surface area contributed by atoms with Gasteiger partial charge in [0.15, 0.2) is 5.16 Å². The lowest BCUT2D eigenvalue weighted by Crippen LogP contribution is -2.12. The Morgan fingerprint density at radius 2 is 2.03 bits per heavy atom. The molecule has 1 aliphatic rings. The van der Waals surface area contributed by atoms with Gasteiger partial charge in [0.1, 0.15) is 0 Å². The maximum absolute atomic E-state index is 11.8. The van der Waals surface area contributed by atoms with Crippen LogP contribution in [0.2, 0.25) is 0 Å². The number of aryl methyl sites for hydroxylation is 1. The quantitative estimate of drug-likeness (QED) is 0.164. The Kier molecular flexibility index (Phi) is 8.48. The number of pyridine rings is 1. The lowest BCUT2D eigenvalue weighted by Gasteiger charge is -2.12. The summed E-state index contributed by atoms with van der Waals surface area (Å²) in [5.74, 6) is 0.558. The Hall–Kier alpha value is -3.08. The second-order valence-electron chi connectivity index (χ2n) is 6.98. The fourth-order valence-electron chi connectivity index (χ4n) is 3.01. The molecule has 2 aromatic rings. The SMILES string of the molecule is COc1nccc(C)c1CSc1nc2c(c(OCOC(=O)CCCCC(=O)O)n1)CCO2. The van der Waals surface area contributed by atoms with Gasteiger partial charge in [0, 0.05) is 36.8 Å². The lowest BCUT2D eigenvalue weighted by atomic mass is 10.2. The summed E-state index contributed by atoms with van der Waals surface area (Å²) in [4.78, 5) is 35.5. The summed E-state index contributed by atoms with van der Waals surface area (Å²) in [6.07, 6.45) is 3.33. The molecule has 1 aliphatic heterocycles. The molecule has 3 rings (SSSR count). The highest BCUT2D eigenvalue weighted by atomic mass is 32.2. The number of carboxylic acids is 1. The molecule has 0 spiro atoms. The van der Waals surface area contributed by atoms with Crippen molar-refractivity contribution in [1.82, 2.24) is 15.0 Å². The standard InChI is InChI=1S/C21H25N3O7S/c1-13-7-9-22-18(28-2)15(13)11-32-21-23-19-14(8-10-29-19)20(24-21)31-12-30-17(27)6-4-3-5-16(25)26/h7,9H,3-6,8,10-12H2,1-2H3,(H,25,26). The van der Waals surface area contributed by atoms with Gasteiger partial charge in [0.2, 0.25) is 24.4 Å². The highest BCUT2D eigenvalue weighted by molar-refractivity contribution is 7.98. The van der Waals surface area contributed by atoms with Crippen LogP contribution in [0.3, 0.4) is 0 Å². The third-order valence-electron chi connectivity index (χ3n) is 4.73. The minimum absolute atomic E-state index is 0.0295. The third-order valence-corrected chi connectivity index (χ3v) is 5.60. The molecule has 0 atom stereocenters. The number of aliphatic carboxylic acids is 1. The molecule has 172 valence electrons. The number of carboxylic acid groups (broad SMARTS) is 1. The zero-order valence-corrected chi connectivity index (χ0v) is 18.8. The molecule has 0 aromatic carbocycles. The fourth-order valence-corrected chi connectivity index (χ4v) is 3.93. The largest absolute Gasteiger partial charge is 0.481 e. The lowest BCUT2D eigenvalue weighted by molar-refractivity contribution is -0.150. The molecule has 1 N–H and O–H groups in total. The number of nitrogens with zero attached hydrogens (tertiary/aromatic N) is 3. The number of ether oxygens (including phenoxy) is 4. The van der Waals surface area contributed by atoms with E-state index in [0.717, 1.165) is 16.7 Å². The van der Waals surface area contributed by atoms with Gasteiger partial charge >= 0.3 is 11.9 Å². The van der Waals surface area contributed by atoms with E-state index >= 15 is 0 Å². The Balaban J connectivity index is 1.58. The summed E-state index contributed by atoms with van der Waals surface area (Å²) in [5, 5.41) is 9.08. The van der Waals surface area contributed by atoms with E-state index < -0.39 is 11.9 Å². The van der Waals surface area contributed by atoms with Crippen molar-refractivity contribution in [3.8, 4) is 17.6 Å². The highest BCUT2D eigenvalue weighted by Crippen LogP contribution is 2.34. The number of esters is 1. The van der Waals surface area contributed by atoms with Gasteiger partial charge in [-0.2, -0.15) is 9.97 Å². The van der Waals surface area contributed by atoms with Crippen LogP contribution in [0.1, 0.15) is 42.4 Å². The van der Waals surface area contributed by atoms with E-state index in [9.17, 15) is 9.59 Å². The molecule has 0 radical (unpaired) electrons. The molecular formula is C21H25N3O7S. The van der Waals surface area contributed by atoms with Crippen molar-refractivity contribution < 1.29 is 33.6 Å². The summed E-state index contributed by atoms with van der Waals surface area (Å²) in [6, 6.07) is 1.91. The monoisotopic (exact) mass is 463 g/mol. The normalized spacial score (nSPS) is 12.1. The van der Waals surface area contributed by atoms with Gasteiger partial charge in [-0.15, -0.1) is 0 Å². The molecule has 0 unspecified atom stereocenters. The van der Waals surface area contributed by atoms with E-state index in [4.69, 9.17) is 24.1 Å². The van der Waals surface area contributed by atoms with Crippen molar-refractivity contribution in [2.75, 3.05) is 20.5 Å². The van der Waals surface area contributed by atoms with Gasteiger partial charge in [-0.25, -0.2) is 4.98 Å². The molecule has 11 heteroatoms. The predicted octanol–water partition coefficient (Wildman–Crippen LogP) is 2.94. The maximum atomic E-state index is 11.8. The molecule has 0 saturated heterocycles. The highest BCUT2D eigenvalue weighted by Gasteiger charge is 2.23. The van der Waals surface area contributed by atoms with Gasteiger partial charge in [0.05, 0.1) is 19.3 Å². The Morgan fingerprint density at radius 3 is 2.81 bits per heavy atom. The number of methoxy groups -OCH3 is 1. The van der Waals surface area contributed by atoms with Crippen molar-refractivity contribution in [3.05, 3.63) is 29.0 Å². The first kappa shape index (κ1) is 23.6. The summed E-state index contributed by atoms with van der Waals surface area (Å²) < 4.78 is 21.6. The molecule has 0 saturated carbocycles. The van der Waals surface area contributed by atoms with E-state index in [1.807, 2.05) is 13.0 Å². The van der Waals surface area contributed by atoms with Crippen LogP contribution >= 0.6 is 11.8 Å². The average Bonchev–Trinajstić information content (AvgIpc) is 3.24.